The zero-order valence-corrected chi connectivity index (χ0v) is 21.6. The van der Waals surface area contributed by atoms with Crippen LogP contribution in [0.4, 0.5) is 5.69 Å². The lowest BCUT2D eigenvalue weighted by atomic mass is 10.1. The first-order valence-electron chi connectivity index (χ1n) is 11.4. The first kappa shape index (κ1) is 25.1. The number of H-pyrrole nitrogens is 1. The van der Waals surface area contributed by atoms with Crippen LogP contribution in [-0.4, -0.2) is 36.3 Å². The largest absolute Gasteiger partial charge is 0.497 e. The SMILES string of the molecule is COc1ccc(CN(Cc2cc3cc(OC)c(OC)cc3[nH]c2=O)C(=S)Nc2cccc(C)c2)cc1. The maximum atomic E-state index is 13.0. The van der Waals surface area contributed by atoms with Crippen LogP contribution in [0.15, 0.2) is 71.5 Å². The molecule has 0 saturated heterocycles. The quantitative estimate of drug-likeness (QED) is 0.318. The molecule has 4 rings (SSSR count). The van der Waals surface area contributed by atoms with E-state index in [2.05, 4.69) is 10.3 Å². The normalized spacial score (nSPS) is 10.7. The van der Waals surface area contributed by atoms with Gasteiger partial charge in [-0.05, 0) is 66.7 Å². The number of aromatic nitrogens is 1. The summed E-state index contributed by atoms with van der Waals surface area (Å²) in [5.41, 5.74) is 4.12. The van der Waals surface area contributed by atoms with Crippen LogP contribution in [0.5, 0.6) is 17.2 Å². The molecule has 0 aliphatic carbocycles. The Balaban J connectivity index is 1.67. The number of anilines is 1. The number of aryl methyl sites for hydroxylation is 1. The second-order valence-electron chi connectivity index (χ2n) is 8.42. The molecule has 36 heavy (non-hydrogen) atoms. The summed E-state index contributed by atoms with van der Waals surface area (Å²) in [6, 6.07) is 21.3. The van der Waals surface area contributed by atoms with Crippen LogP contribution in [0.1, 0.15) is 16.7 Å². The average Bonchev–Trinajstić information content (AvgIpc) is 2.88. The van der Waals surface area contributed by atoms with E-state index < -0.39 is 0 Å². The Morgan fingerprint density at radius 2 is 1.64 bits per heavy atom. The topological polar surface area (TPSA) is 75.8 Å². The van der Waals surface area contributed by atoms with Gasteiger partial charge in [-0.15, -0.1) is 0 Å². The molecule has 0 fully saturated rings. The Morgan fingerprint density at radius 3 is 2.31 bits per heavy atom. The highest BCUT2D eigenvalue weighted by atomic mass is 32.1. The van der Waals surface area contributed by atoms with E-state index in [4.69, 9.17) is 26.4 Å². The van der Waals surface area contributed by atoms with Gasteiger partial charge in [0.25, 0.3) is 5.56 Å². The molecule has 7 nitrogen and oxygen atoms in total. The van der Waals surface area contributed by atoms with Crippen LogP contribution < -0.4 is 25.1 Å². The smallest absolute Gasteiger partial charge is 0.253 e. The Morgan fingerprint density at radius 1 is 0.917 bits per heavy atom. The molecule has 0 atom stereocenters. The number of aromatic amines is 1. The van der Waals surface area contributed by atoms with Crippen molar-refractivity contribution in [1.82, 2.24) is 9.88 Å². The molecule has 1 heterocycles. The first-order valence-corrected chi connectivity index (χ1v) is 11.8. The third-order valence-electron chi connectivity index (χ3n) is 5.88. The van der Waals surface area contributed by atoms with E-state index >= 15 is 0 Å². The highest BCUT2D eigenvalue weighted by Gasteiger charge is 2.16. The summed E-state index contributed by atoms with van der Waals surface area (Å²) in [7, 11) is 4.79. The zero-order chi connectivity index (χ0) is 25.7. The van der Waals surface area contributed by atoms with Crippen LogP contribution >= 0.6 is 12.2 Å². The highest BCUT2D eigenvalue weighted by Crippen LogP contribution is 2.31. The number of nitrogens with zero attached hydrogens (tertiary/aromatic N) is 1. The van der Waals surface area contributed by atoms with E-state index in [0.717, 1.165) is 28.0 Å². The molecule has 0 aliphatic rings. The Kier molecular flexibility index (Phi) is 7.75. The number of nitrogens with one attached hydrogen (secondary N) is 2. The van der Waals surface area contributed by atoms with Crippen molar-refractivity contribution < 1.29 is 14.2 Å². The van der Waals surface area contributed by atoms with Gasteiger partial charge in [0, 0.05) is 29.2 Å². The second-order valence-corrected chi connectivity index (χ2v) is 8.81. The molecule has 8 heteroatoms. The minimum Gasteiger partial charge on any atom is -0.497 e. The van der Waals surface area contributed by atoms with E-state index in [9.17, 15) is 4.79 Å². The van der Waals surface area contributed by atoms with E-state index in [1.54, 1.807) is 27.4 Å². The number of fused-ring (bicyclic) bond motifs is 1. The van der Waals surface area contributed by atoms with Crippen LogP contribution in [0.2, 0.25) is 0 Å². The van der Waals surface area contributed by atoms with Crippen molar-refractivity contribution in [1.29, 1.82) is 0 Å². The lowest BCUT2D eigenvalue weighted by Gasteiger charge is -2.26. The summed E-state index contributed by atoms with van der Waals surface area (Å²) in [5, 5.41) is 4.67. The van der Waals surface area contributed by atoms with Crippen molar-refractivity contribution in [3.05, 3.63) is 93.8 Å². The third-order valence-corrected chi connectivity index (χ3v) is 6.24. The number of thiocarbonyl (C=S) groups is 1. The van der Waals surface area contributed by atoms with E-state index in [1.807, 2.05) is 72.5 Å². The molecule has 0 amide bonds. The number of benzene rings is 3. The molecule has 4 aromatic rings. The van der Waals surface area contributed by atoms with Gasteiger partial charge in [-0.2, -0.15) is 0 Å². The Bertz CT molecular complexity index is 1430. The molecule has 1 aromatic heterocycles. The first-order chi connectivity index (χ1) is 17.4. The summed E-state index contributed by atoms with van der Waals surface area (Å²) >= 11 is 5.80. The fourth-order valence-corrected chi connectivity index (χ4v) is 4.22. The molecular formula is C28H29N3O4S. The van der Waals surface area contributed by atoms with Crippen LogP contribution in [0.3, 0.4) is 0 Å². The van der Waals surface area contributed by atoms with Gasteiger partial charge in [0.1, 0.15) is 5.75 Å². The number of rotatable bonds is 8. The molecule has 2 N–H and O–H groups in total. The second kappa shape index (κ2) is 11.1. The van der Waals surface area contributed by atoms with Gasteiger partial charge in [0.15, 0.2) is 16.6 Å². The minimum atomic E-state index is -0.187. The predicted molar refractivity (Wildman–Crippen MR) is 147 cm³/mol. The number of pyridine rings is 1. The van der Waals surface area contributed by atoms with Gasteiger partial charge >= 0.3 is 0 Å². The Hall–Kier alpha value is -4.04. The number of hydrogen-bond acceptors (Lipinski definition) is 5. The van der Waals surface area contributed by atoms with Gasteiger partial charge in [-0.1, -0.05) is 24.3 Å². The molecule has 0 unspecified atom stereocenters. The standard InChI is InChI=1S/C28H29N3O4S/c1-18-6-5-7-22(12-18)29-28(36)31(16-19-8-10-23(33-2)11-9-19)17-21-13-20-14-25(34-3)26(35-4)15-24(20)30-27(21)32/h5-15H,16-17H2,1-4H3,(H,29,36)(H,30,32). The molecule has 0 spiro atoms. The van der Waals surface area contributed by atoms with Gasteiger partial charge in [-0.25, -0.2) is 0 Å². The Labute approximate surface area is 215 Å². The molecular weight excluding hydrogens is 474 g/mol. The van der Waals surface area contributed by atoms with E-state index in [1.165, 1.54) is 0 Å². The maximum Gasteiger partial charge on any atom is 0.253 e. The lowest BCUT2D eigenvalue weighted by Crippen LogP contribution is -2.35. The minimum absolute atomic E-state index is 0.187. The van der Waals surface area contributed by atoms with Crippen molar-refractivity contribution in [2.24, 2.45) is 0 Å². The lowest BCUT2D eigenvalue weighted by molar-refractivity contribution is 0.355. The maximum absolute atomic E-state index is 13.0. The summed E-state index contributed by atoms with van der Waals surface area (Å²) in [6.45, 7) is 2.84. The molecule has 0 radical (unpaired) electrons. The predicted octanol–water partition coefficient (Wildman–Crippen LogP) is 5.26. The van der Waals surface area contributed by atoms with Crippen LogP contribution in [-0.2, 0) is 13.1 Å². The molecule has 0 saturated carbocycles. The summed E-state index contributed by atoms with van der Waals surface area (Å²) in [6.07, 6.45) is 0. The van der Waals surface area contributed by atoms with Crippen LogP contribution in [0, 0.1) is 6.92 Å². The van der Waals surface area contributed by atoms with Crippen molar-refractivity contribution in [3.8, 4) is 17.2 Å². The molecule has 0 aliphatic heterocycles. The van der Waals surface area contributed by atoms with Crippen LogP contribution in [0.25, 0.3) is 10.9 Å². The number of ether oxygens (including phenoxy) is 3. The highest BCUT2D eigenvalue weighted by molar-refractivity contribution is 7.80. The van der Waals surface area contributed by atoms with Gasteiger partial charge in [0.05, 0.1) is 33.4 Å². The number of hydrogen-bond donors (Lipinski definition) is 2. The molecule has 0 bridgehead atoms. The monoisotopic (exact) mass is 503 g/mol. The van der Waals surface area contributed by atoms with E-state index in [-0.39, 0.29) is 5.56 Å². The third kappa shape index (κ3) is 5.78. The van der Waals surface area contributed by atoms with Gasteiger partial charge < -0.3 is 29.4 Å². The molecule has 3 aromatic carbocycles. The van der Waals surface area contributed by atoms with Gasteiger partial charge in [0.2, 0.25) is 0 Å². The van der Waals surface area contributed by atoms with E-state index in [0.29, 0.717) is 40.8 Å². The zero-order valence-electron chi connectivity index (χ0n) is 20.8. The average molecular weight is 504 g/mol. The summed E-state index contributed by atoms with van der Waals surface area (Å²) in [4.78, 5) is 18.0. The van der Waals surface area contributed by atoms with Gasteiger partial charge in [-0.3, -0.25) is 4.79 Å². The fraction of sp³-hybridized carbons (Fsp3) is 0.214. The summed E-state index contributed by atoms with van der Waals surface area (Å²) in [5.74, 6) is 1.92. The fourth-order valence-electron chi connectivity index (χ4n) is 3.98. The van der Waals surface area contributed by atoms with Crippen molar-refractivity contribution >= 4 is 33.9 Å². The molecule has 186 valence electrons. The van der Waals surface area contributed by atoms with Crippen molar-refractivity contribution in [2.75, 3.05) is 26.6 Å². The van der Waals surface area contributed by atoms with Crippen molar-refractivity contribution in [2.45, 2.75) is 20.0 Å². The van der Waals surface area contributed by atoms with Crippen molar-refractivity contribution in [3.63, 3.8) is 0 Å². The summed E-state index contributed by atoms with van der Waals surface area (Å²) < 4.78 is 16.1. The number of methoxy groups -OCH3 is 3.